The van der Waals surface area contributed by atoms with Gasteiger partial charge in [0.25, 0.3) is 0 Å². The predicted octanol–water partition coefficient (Wildman–Crippen LogP) is 5.23. The number of nitrogens with zero attached hydrogens (tertiary/aromatic N) is 3. The highest BCUT2D eigenvalue weighted by Crippen LogP contribution is 2.52. The Labute approximate surface area is 181 Å². The maximum absolute atomic E-state index is 5.90. The third kappa shape index (κ3) is 3.01. The van der Waals surface area contributed by atoms with Gasteiger partial charge in [0.1, 0.15) is 17.5 Å². The van der Waals surface area contributed by atoms with Gasteiger partial charge in [-0.1, -0.05) is 36.9 Å². The van der Waals surface area contributed by atoms with Crippen molar-refractivity contribution in [1.29, 1.82) is 0 Å². The summed E-state index contributed by atoms with van der Waals surface area (Å²) < 4.78 is 11.4. The molecule has 3 heterocycles. The van der Waals surface area contributed by atoms with E-state index in [1.54, 1.807) is 14.2 Å². The van der Waals surface area contributed by atoms with Crippen LogP contribution in [0.1, 0.15) is 36.7 Å². The fourth-order valence-corrected chi connectivity index (χ4v) is 5.91. The van der Waals surface area contributed by atoms with E-state index in [1.807, 2.05) is 36.2 Å². The summed E-state index contributed by atoms with van der Waals surface area (Å²) in [6.45, 7) is 2.25. The first-order chi connectivity index (χ1) is 14.7. The van der Waals surface area contributed by atoms with Crippen molar-refractivity contribution in [2.24, 2.45) is 4.99 Å². The number of rotatable bonds is 5. The number of aliphatic imine (C=N–C) groups is 1. The zero-order valence-electron chi connectivity index (χ0n) is 17.4. The Hall–Kier alpha value is -2.73. The molecule has 30 heavy (non-hydrogen) atoms. The number of thioether (sulfide) groups is 1. The van der Waals surface area contributed by atoms with Crippen LogP contribution in [-0.2, 0) is 0 Å². The molecule has 0 N–H and O–H groups in total. The van der Waals surface area contributed by atoms with Crippen molar-refractivity contribution in [3.8, 4) is 11.5 Å². The topological polar surface area (TPSA) is 47.0 Å². The third-order valence-corrected chi connectivity index (χ3v) is 7.20. The Bertz CT molecular complexity index is 1100. The number of ether oxygens (including phenoxy) is 2. The summed E-state index contributed by atoms with van der Waals surface area (Å²) in [5, 5.41) is 3.42. The number of pyridine rings is 1. The van der Waals surface area contributed by atoms with Crippen LogP contribution in [0.5, 0.6) is 11.5 Å². The number of amidine groups is 1. The van der Waals surface area contributed by atoms with Gasteiger partial charge < -0.3 is 14.4 Å². The van der Waals surface area contributed by atoms with Crippen LogP contribution in [0.4, 0.5) is 0 Å². The van der Waals surface area contributed by atoms with Crippen LogP contribution in [0.25, 0.3) is 10.8 Å². The van der Waals surface area contributed by atoms with E-state index < -0.39 is 0 Å². The highest BCUT2D eigenvalue weighted by atomic mass is 32.2. The molecular weight excluding hydrogens is 394 g/mol. The van der Waals surface area contributed by atoms with E-state index in [9.17, 15) is 0 Å². The number of benzene rings is 2. The largest absolute Gasteiger partial charge is 0.497 e. The Morgan fingerprint density at radius 3 is 2.70 bits per heavy atom. The summed E-state index contributed by atoms with van der Waals surface area (Å²) in [5.74, 6) is 2.79. The van der Waals surface area contributed by atoms with Crippen molar-refractivity contribution in [3.63, 3.8) is 0 Å². The van der Waals surface area contributed by atoms with Gasteiger partial charge >= 0.3 is 0 Å². The third-order valence-electron chi connectivity index (χ3n) is 6.08. The second kappa shape index (κ2) is 7.84. The molecule has 2 aliphatic heterocycles. The van der Waals surface area contributed by atoms with Crippen LogP contribution in [0.3, 0.4) is 0 Å². The number of aromatic nitrogens is 1. The molecule has 1 fully saturated rings. The van der Waals surface area contributed by atoms with E-state index >= 15 is 0 Å². The lowest BCUT2D eigenvalue weighted by Gasteiger charge is -2.33. The molecule has 2 aliphatic rings. The van der Waals surface area contributed by atoms with Gasteiger partial charge in [0.05, 0.1) is 26.0 Å². The van der Waals surface area contributed by atoms with Crippen LogP contribution in [0.15, 0.2) is 59.7 Å². The van der Waals surface area contributed by atoms with E-state index in [2.05, 4.69) is 47.1 Å². The van der Waals surface area contributed by atoms with Crippen LogP contribution in [0.2, 0.25) is 0 Å². The van der Waals surface area contributed by atoms with Gasteiger partial charge in [0.15, 0.2) is 5.17 Å². The van der Waals surface area contributed by atoms with Gasteiger partial charge in [-0.25, -0.2) is 0 Å². The summed E-state index contributed by atoms with van der Waals surface area (Å²) in [5.41, 5.74) is 2.14. The fourth-order valence-electron chi connectivity index (χ4n) is 4.58. The van der Waals surface area contributed by atoms with E-state index in [0.717, 1.165) is 45.5 Å². The normalized spacial score (nSPS) is 22.8. The Morgan fingerprint density at radius 2 is 1.97 bits per heavy atom. The van der Waals surface area contributed by atoms with Crippen LogP contribution in [-0.4, -0.2) is 41.1 Å². The van der Waals surface area contributed by atoms with Gasteiger partial charge in [-0.3, -0.25) is 9.98 Å². The smallest absolute Gasteiger partial charge is 0.160 e. The maximum Gasteiger partial charge on any atom is 0.160 e. The molecule has 2 aromatic carbocycles. The maximum atomic E-state index is 5.90. The summed E-state index contributed by atoms with van der Waals surface area (Å²) in [6.07, 6.45) is 2.93. The molecule has 1 aromatic heterocycles. The van der Waals surface area contributed by atoms with Crippen molar-refractivity contribution < 1.29 is 9.47 Å². The van der Waals surface area contributed by atoms with Crippen molar-refractivity contribution in [1.82, 2.24) is 9.88 Å². The summed E-state index contributed by atoms with van der Waals surface area (Å²) in [7, 11) is 3.45. The molecule has 0 unspecified atom stereocenters. The first-order valence-corrected chi connectivity index (χ1v) is 11.3. The summed E-state index contributed by atoms with van der Waals surface area (Å²) >= 11 is 1.85. The SMILES string of the molecule is CC[C@H]1CSC2=N[C@H](c3ccccn3)[C@@H](c3c(OC)ccc4ccc(OC)cc34)N21. The highest BCUT2D eigenvalue weighted by molar-refractivity contribution is 8.14. The monoisotopic (exact) mass is 419 g/mol. The highest BCUT2D eigenvalue weighted by Gasteiger charge is 2.47. The minimum absolute atomic E-state index is 0.0283. The molecule has 0 amide bonds. The van der Waals surface area contributed by atoms with Gasteiger partial charge in [-0.2, -0.15) is 0 Å². The van der Waals surface area contributed by atoms with Gasteiger partial charge in [-0.05, 0) is 47.5 Å². The second-order valence-electron chi connectivity index (χ2n) is 7.60. The number of hydrogen-bond donors (Lipinski definition) is 0. The van der Waals surface area contributed by atoms with Gasteiger partial charge in [-0.15, -0.1) is 0 Å². The Balaban J connectivity index is 1.76. The van der Waals surface area contributed by atoms with E-state index in [1.165, 1.54) is 5.39 Å². The molecule has 0 radical (unpaired) electrons. The zero-order chi connectivity index (χ0) is 20.7. The van der Waals surface area contributed by atoms with Crippen LogP contribution >= 0.6 is 11.8 Å². The molecule has 3 aromatic rings. The summed E-state index contributed by atoms with van der Waals surface area (Å²) in [6, 6.07) is 16.9. The zero-order valence-corrected chi connectivity index (χ0v) is 18.2. The van der Waals surface area contributed by atoms with E-state index in [4.69, 9.17) is 14.5 Å². The average Bonchev–Trinajstić information content (AvgIpc) is 3.37. The lowest BCUT2D eigenvalue weighted by atomic mass is 9.90. The second-order valence-corrected chi connectivity index (χ2v) is 8.59. The minimum atomic E-state index is -0.0752. The standard InChI is InChI=1S/C24H25N3O2S/c1-4-16-14-30-24-26-22(19-7-5-6-12-25-19)23(27(16)24)21-18-13-17(28-2)10-8-15(18)9-11-20(21)29-3/h5-13,16,22-23H,4,14H2,1-3H3/t16-,22+,23+/m0/s1. The number of hydrogen-bond acceptors (Lipinski definition) is 6. The molecule has 5 rings (SSSR count). The average molecular weight is 420 g/mol. The lowest BCUT2D eigenvalue weighted by Crippen LogP contribution is -2.35. The molecule has 5 nitrogen and oxygen atoms in total. The fraction of sp³-hybridized carbons (Fsp3) is 0.333. The molecule has 154 valence electrons. The Morgan fingerprint density at radius 1 is 1.10 bits per heavy atom. The Kier molecular flexibility index (Phi) is 5.03. The van der Waals surface area contributed by atoms with Crippen LogP contribution in [0, 0.1) is 0 Å². The van der Waals surface area contributed by atoms with E-state index in [0.29, 0.717) is 6.04 Å². The van der Waals surface area contributed by atoms with Gasteiger partial charge in [0.2, 0.25) is 0 Å². The van der Waals surface area contributed by atoms with Crippen molar-refractivity contribution in [2.45, 2.75) is 31.5 Å². The summed E-state index contributed by atoms with van der Waals surface area (Å²) in [4.78, 5) is 12.3. The first-order valence-electron chi connectivity index (χ1n) is 10.3. The molecule has 0 saturated carbocycles. The lowest BCUT2D eigenvalue weighted by molar-refractivity contribution is 0.250. The minimum Gasteiger partial charge on any atom is -0.497 e. The molecular formula is C24H25N3O2S. The predicted molar refractivity (Wildman–Crippen MR) is 123 cm³/mol. The van der Waals surface area contributed by atoms with Crippen molar-refractivity contribution >= 4 is 27.7 Å². The first kappa shape index (κ1) is 19.2. The number of fused-ring (bicyclic) bond motifs is 2. The van der Waals surface area contributed by atoms with E-state index in [-0.39, 0.29) is 12.1 Å². The van der Waals surface area contributed by atoms with Crippen molar-refractivity contribution in [2.75, 3.05) is 20.0 Å². The molecule has 3 atom stereocenters. The molecule has 0 bridgehead atoms. The quantitative estimate of drug-likeness (QED) is 0.567. The number of methoxy groups -OCH3 is 2. The van der Waals surface area contributed by atoms with Gasteiger partial charge in [0, 0.05) is 23.6 Å². The molecule has 1 saturated heterocycles. The molecule has 6 heteroatoms. The molecule has 0 spiro atoms. The van der Waals surface area contributed by atoms with Crippen LogP contribution < -0.4 is 9.47 Å². The molecule has 0 aliphatic carbocycles. The van der Waals surface area contributed by atoms with Crippen molar-refractivity contribution in [3.05, 3.63) is 66.0 Å².